The van der Waals surface area contributed by atoms with Crippen LogP contribution >= 0.6 is 0 Å². The predicted molar refractivity (Wildman–Crippen MR) is 181 cm³/mol. The molecule has 2 amide bonds. The maximum atomic E-state index is 13.0. The maximum Gasteiger partial charge on any atom is 0.307 e. The molecule has 0 radical (unpaired) electrons. The van der Waals surface area contributed by atoms with E-state index in [1.165, 1.54) is 57.8 Å². The molecule has 4 unspecified atom stereocenters. The molecule has 0 bridgehead atoms. The highest BCUT2D eigenvalue weighted by Crippen LogP contribution is 2.35. The lowest BCUT2D eigenvalue weighted by molar-refractivity contribution is -0.304. The van der Waals surface area contributed by atoms with Crippen molar-refractivity contribution in [2.45, 2.75) is 181 Å². The molecule has 2 fully saturated rings. The van der Waals surface area contributed by atoms with Gasteiger partial charge in [0.15, 0.2) is 5.79 Å². The number of hydrogen-bond donors (Lipinski definition) is 2. The summed E-state index contributed by atoms with van der Waals surface area (Å²) in [6.45, 7) is 12.3. The standard InChI is InChI=1S/C37H66N2O6/c1-7-8-9-10-11-12-13-14-15-16-17-18-19-20-23-29(2)34(41)39-30-24-21-22-25-31(30)44-32(40)26-27-38-35(42)33-36(3,4)28-43-37(5,6)45-33/h14-15,29-31,33H,7-13,16-28H2,1-6H3,(H,38,42)(H,39,41)/b15-14-. The van der Waals surface area contributed by atoms with Crippen LogP contribution in [0.2, 0.25) is 0 Å². The Balaban J connectivity index is 1.60. The second kappa shape index (κ2) is 21.0. The quantitative estimate of drug-likeness (QED) is 0.0755. The van der Waals surface area contributed by atoms with Gasteiger partial charge in [0.25, 0.3) is 0 Å². The van der Waals surface area contributed by atoms with Gasteiger partial charge in [0.2, 0.25) is 11.8 Å². The molecule has 0 aromatic rings. The molecule has 0 aromatic carbocycles. The van der Waals surface area contributed by atoms with E-state index in [-0.39, 0.29) is 48.8 Å². The van der Waals surface area contributed by atoms with Gasteiger partial charge in [-0.15, -0.1) is 0 Å². The van der Waals surface area contributed by atoms with E-state index in [1.807, 2.05) is 20.8 Å². The van der Waals surface area contributed by atoms with Gasteiger partial charge < -0.3 is 24.8 Å². The van der Waals surface area contributed by atoms with Crippen LogP contribution in [0.5, 0.6) is 0 Å². The molecule has 2 aliphatic rings. The molecule has 0 aromatic heterocycles. The van der Waals surface area contributed by atoms with Crippen molar-refractivity contribution in [3.05, 3.63) is 12.2 Å². The van der Waals surface area contributed by atoms with Gasteiger partial charge in [0.05, 0.1) is 19.1 Å². The number of rotatable bonds is 21. The lowest BCUT2D eigenvalue weighted by Crippen LogP contribution is -2.56. The largest absolute Gasteiger partial charge is 0.460 e. The first-order valence-electron chi connectivity index (χ1n) is 18.2. The van der Waals surface area contributed by atoms with Gasteiger partial charge in [-0.05, 0) is 65.2 Å². The normalized spacial score (nSPS) is 23.4. The van der Waals surface area contributed by atoms with Gasteiger partial charge >= 0.3 is 5.97 Å². The van der Waals surface area contributed by atoms with Crippen molar-refractivity contribution >= 4 is 17.8 Å². The summed E-state index contributed by atoms with van der Waals surface area (Å²) in [5, 5.41) is 6.02. The van der Waals surface area contributed by atoms with Crippen LogP contribution in [0, 0.1) is 11.3 Å². The van der Waals surface area contributed by atoms with E-state index >= 15 is 0 Å². The average molecular weight is 635 g/mol. The van der Waals surface area contributed by atoms with Crippen LogP contribution in [0.25, 0.3) is 0 Å². The van der Waals surface area contributed by atoms with Gasteiger partial charge in [0, 0.05) is 17.9 Å². The fraction of sp³-hybridized carbons (Fsp3) is 0.865. The van der Waals surface area contributed by atoms with Crippen LogP contribution in [0.1, 0.15) is 157 Å². The molecule has 8 nitrogen and oxygen atoms in total. The first kappa shape index (κ1) is 39.2. The van der Waals surface area contributed by atoms with E-state index in [9.17, 15) is 14.4 Å². The fourth-order valence-corrected chi connectivity index (χ4v) is 6.13. The number of hydrogen-bond acceptors (Lipinski definition) is 6. The Morgan fingerprint density at radius 1 is 0.889 bits per heavy atom. The summed E-state index contributed by atoms with van der Waals surface area (Å²) >= 11 is 0. The number of allylic oxidation sites excluding steroid dienone is 2. The van der Waals surface area contributed by atoms with Crippen molar-refractivity contribution < 1.29 is 28.6 Å². The van der Waals surface area contributed by atoms with E-state index < -0.39 is 17.3 Å². The zero-order chi connectivity index (χ0) is 33.1. The van der Waals surface area contributed by atoms with Gasteiger partial charge in [-0.1, -0.05) is 97.6 Å². The van der Waals surface area contributed by atoms with Gasteiger partial charge in [-0.25, -0.2) is 0 Å². The van der Waals surface area contributed by atoms with Crippen LogP contribution in [0.15, 0.2) is 12.2 Å². The monoisotopic (exact) mass is 634 g/mol. The highest BCUT2D eigenvalue weighted by atomic mass is 16.7. The van der Waals surface area contributed by atoms with Crippen molar-refractivity contribution in [3.8, 4) is 0 Å². The van der Waals surface area contributed by atoms with E-state index in [0.717, 1.165) is 51.4 Å². The van der Waals surface area contributed by atoms with Crippen molar-refractivity contribution in [2.24, 2.45) is 11.3 Å². The third kappa shape index (κ3) is 16.0. The van der Waals surface area contributed by atoms with Crippen molar-refractivity contribution in [1.82, 2.24) is 10.6 Å². The molecule has 1 aliphatic heterocycles. The first-order valence-corrected chi connectivity index (χ1v) is 18.2. The van der Waals surface area contributed by atoms with Crippen molar-refractivity contribution in [1.29, 1.82) is 0 Å². The number of esters is 1. The topological polar surface area (TPSA) is 103 Å². The summed E-state index contributed by atoms with van der Waals surface area (Å²) < 4.78 is 17.4. The molecule has 1 saturated carbocycles. The van der Waals surface area contributed by atoms with Crippen molar-refractivity contribution in [2.75, 3.05) is 13.2 Å². The fourth-order valence-electron chi connectivity index (χ4n) is 6.13. The SMILES string of the molecule is CCCCCCCC/C=C\CCCCCCC(C)C(=O)NC1CCCCC1OC(=O)CCNC(=O)C1OC(C)(C)OCC1(C)C. The predicted octanol–water partition coefficient (Wildman–Crippen LogP) is 7.92. The zero-order valence-electron chi connectivity index (χ0n) is 29.6. The number of ether oxygens (including phenoxy) is 3. The van der Waals surface area contributed by atoms with Crippen molar-refractivity contribution in [3.63, 3.8) is 0 Å². The van der Waals surface area contributed by atoms with E-state index in [0.29, 0.717) is 6.61 Å². The summed E-state index contributed by atoms with van der Waals surface area (Å²) in [6.07, 6.45) is 23.3. The molecular formula is C37H66N2O6. The Labute approximate surface area is 274 Å². The Bertz CT molecular complexity index is 901. The highest BCUT2D eigenvalue weighted by molar-refractivity contribution is 5.82. The van der Waals surface area contributed by atoms with E-state index in [1.54, 1.807) is 13.8 Å². The van der Waals surface area contributed by atoms with E-state index in [4.69, 9.17) is 14.2 Å². The van der Waals surface area contributed by atoms with Crippen LogP contribution < -0.4 is 10.6 Å². The Hall–Kier alpha value is -1.93. The number of carbonyl (C=O) groups excluding carboxylic acids is 3. The molecule has 2 N–H and O–H groups in total. The van der Waals surface area contributed by atoms with Crippen LogP contribution in [-0.4, -0.2) is 55.0 Å². The Morgan fingerprint density at radius 3 is 2.20 bits per heavy atom. The summed E-state index contributed by atoms with van der Waals surface area (Å²) in [7, 11) is 0. The highest BCUT2D eigenvalue weighted by Gasteiger charge is 2.45. The lowest BCUT2D eigenvalue weighted by atomic mass is 9.85. The van der Waals surface area contributed by atoms with Crippen LogP contribution in [0.3, 0.4) is 0 Å². The first-order chi connectivity index (χ1) is 21.4. The molecule has 2 rings (SSSR count). The second-order valence-corrected chi connectivity index (χ2v) is 14.6. The Morgan fingerprint density at radius 2 is 1.51 bits per heavy atom. The smallest absolute Gasteiger partial charge is 0.307 e. The molecule has 1 aliphatic carbocycles. The second-order valence-electron chi connectivity index (χ2n) is 14.6. The number of nitrogens with one attached hydrogen (secondary N) is 2. The molecule has 4 atom stereocenters. The minimum atomic E-state index is -0.835. The third-order valence-corrected chi connectivity index (χ3v) is 9.18. The minimum Gasteiger partial charge on any atom is -0.460 e. The molecule has 1 heterocycles. The van der Waals surface area contributed by atoms with Gasteiger partial charge in [-0.2, -0.15) is 0 Å². The van der Waals surface area contributed by atoms with Crippen LogP contribution in [0.4, 0.5) is 0 Å². The number of unbranched alkanes of at least 4 members (excludes halogenated alkanes) is 10. The average Bonchev–Trinajstić information content (AvgIpc) is 2.99. The van der Waals surface area contributed by atoms with Gasteiger partial charge in [-0.3, -0.25) is 14.4 Å². The molecule has 45 heavy (non-hydrogen) atoms. The summed E-state index contributed by atoms with van der Waals surface area (Å²) in [5.74, 6) is -1.46. The molecule has 0 spiro atoms. The minimum absolute atomic E-state index is 0.0508. The molecule has 8 heteroatoms. The van der Waals surface area contributed by atoms with E-state index in [2.05, 4.69) is 29.7 Å². The number of carbonyl (C=O) groups is 3. The summed E-state index contributed by atoms with van der Waals surface area (Å²) in [6, 6.07) is -0.158. The maximum absolute atomic E-state index is 13.0. The van der Waals surface area contributed by atoms with Gasteiger partial charge in [0.1, 0.15) is 12.2 Å². The Kier molecular flexibility index (Phi) is 18.4. The lowest BCUT2D eigenvalue weighted by Gasteiger charge is -2.44. The number of amides is 2. The molecule has 1 saturated heterocycles. The molecular weight excluding hydrogens is 568 g/mol. The summed E-state index contributed by atoms with van der Waals surface area (Å²) in [5.41, 5.74) is -0.477. The van der Waals surface area contributed by atoms with Crippen LogP contribution in [-0.2, 0) is 28.6 Å². The molecule has 260 valence electrons. The zero-order valence-corrected chi connectivity index (χ0v) is 29.6. The summed E-state index contributed by atoms with van der Waals surface area (Å²) in [4.78, 5) is 38.5. The third-order valence-electron chi connectivity index (χ3n) is 9.18.